The van der Waals surface area contributed by atoms with E-state index in [-0.39, 0.29) is 12.1 Å². The van der Waals surface area contributed by atoms with E-state index in [1.807, 2.05) is 6.07 Å². The molecule has 2 atom stereocenters. The van der Waals surface area contributed by atoms with Crippen molar-refractivity contribution < 1.29 is 14.0 Å². The molecule has 2 bridgehead atoms. The Hall–Kier alpha value is -1.61. The lowest BCUT2D eigenvalue weighted by molar-refractivity contribution is -0.966. The fourth-order valence-electron chi connectivity index (χ4n) is 6.67. The number of hydrogen-bond donors (Lipinski definition) is 0. The third-order valence-corrected chi connectivity index (χ3v) is 8.04. The maximum atomic E-state index is 13.3. The molecular weight excluding hydrogens is 370 g/mol. The number of carbonyl (C=O) groups is 1. The Morgan fingerprint density at radius 2 is 1.67 bits per heavy atom. The summed E-state index contributed by atoms with van der Waals surface area (Å²) < 4.78 is 7.55. The Kier molecular flexibility index (Phi) is 6.98. The van der Waals surface area contributed by atoms with Crippen LogP contribution in [0.5, 0.6) is 0 Å². The monoisotopic (exact) mass is 410 g/mol. The number of quaternary nitrogens is 1. The van der Waals surface area contributed by atoms with Crippen LogP contribution in [0.3, 0.4) is 0 Å². The van der Waals surface area contributed by atoms with Gasteiger partial charge in [-0.2, -0.15) is 0 Å². The van der Waals surface area contributed by atoms with Gasteiger partial charge in [-0.05, 0) is 49.7 Å². The molecule has 0 radical (unpaired) electrons. The Balaban J connectivity index is 1.48. The van der Waals surface area contributed by atoms with Crippen molar-refractivity contribution in [3.8, 4) is 0 Å². The highest BCUT2D eigenvalue weighted by Crippen LogP contribution is 2.44. The number of esters is 1. The Bertz CT molecular complexity index is 739. The second-order valence-electron chi connectivity index (χ2n) is 9.82. The summed E-state index contributed by atoms with van der Waals surface area (Å²) in [6.07, 6.45) is 12.9. The number of nitrogens with zero attached hydrogens (tertiary/aromatic N) is 1. The smallest absolute Gasteiger partial charge is 0.334 e. The van der Waals surface area contributed by atoms with Crippen molar-refractivity contribution >= 4 is 11.5 Å². The number of ether oxygens (including phenoxy) is 1. The molecule has 164 valence electrons. The first kappa shape index (κ1) is 21.6. The highest BCUT2D eigenvalue weighted by atomic mass is 16.5. The Labute approximate surface area is 183 Å². The van der Waals surface area contributed by atoms with Crippen LogP contribution in [0.2, 0.25) is 0 Å². The van der Waals surface area contributed by atoms with Crippen molar-refractivity contribution in [3.63, 3.8) is 0 Å². The molecule has 0 spiro atoms. The van der Waals surface area contributed by atoms with Gasteiger partial charge in [0.1, 0.15) is 6.10 Å². The maximum absolute atomic E-state index is 13.3. The molecule has 2 heterocycles. The number of fused-ring (bicyclic) bond motifs is 2. The van der Waals surface area contributed by atoms with Crippen LogP contribution >= 0.6 is 0 Å². The minimum Gasteiger partial charge on any atom is -0.459 e. The van der Waals surface area contributed by atoms with Gasteiger partial charge in [-0.25, -0.2) is 4.79 Å². The van der Waals surface area contributed by atoms with E-state index in [1.54, 1.807) is 0 Å². The van der Waals surface area contributed by atoms with Gasteiger partial charge in [0.15, 0.2) is 0 Å². The van der Waals surface area contributed by atoms with Gasteiger partial charge in [-0.15, -0.1) is 0 Å². The van der Waals surface area contributed by atoms with Crippen LogP contribution in [0.25, 0.3) is 5.57 Å². The van der Waals surface area contributed by atoms with Crippen LogP contribution in [0.1, 0.15) is 90.0 Å². The molecule has 1 aliphatic carbocycles. The van der Waals surface area contributed by atoms with Gasteiger partial charge < -0.3 is 9.22 Å². The van der Waals surface area contributed by atoms with Crippen LogP contribution in [-0.4, -0.2) is 41.7 Å². The lowest BCUT2D eigenvalue weighted by atomic mass is 9.87. The molecule has 1 aromatic rings. The van der Waals surface area contributed by atoms with Gasteiger partial charge in [-0.1, -0.05) is 50.6 Å². The zero-order valence-electron chi connectivity index (χ0n) is 19.1. The quantitative estimate of drug-likeness (QED) is 0.372. The van der Waals surface area contributed by atoms with Gasteiger partial charge >= 0.3 is 5.97 Å². The molecule has 2 aliphatic heterocycles. The topological polar surface area (TPSA) is 26.3 Å². The minimum atomic E-state index is -0.0259. The molecule has 4 rings (SSSR count). The zero-order chi connectivity index (χ0) is 21.0. The lowest BCUT2D eigenvalue weighted by Gasteiger charge is -2.49. The summed E-state index contributed by atoms with van der Waals surface area (Å²) in [5.74, 6) is -0.0259. The number of rotatable bonds is 8. The highest BCUT2D eigenvalue weighted by molar-refractivity contribution is 5.98. The van der Waals surface area contributed by atoms with E-state index in [4.69, 9.17) is 4.74 Å². The van der Waals surface area contributed by atoms with Crippen molar-refractivity contribution in [1.29, 1.82) is 0 Å². The standard InChI is InChI=1S/C27H40NO2/c1-3-5-18-28(17-4-2)22-15-16-23(28)20-24(19-22)30-27(29)26-14-10-9-13-25(26)21-11-7-6-8-12-21/h6-8,11-12,22-24H,3-5,9-10,13-20H2,1-2H3/q+1. The molecule has 0 aromatic heterocycles. The van der Waals surface area contributed by atoms with E-state index in [2.05, 4.69) is 38.1 Å². The molecule has 2 fully saturated rings. The van der Waals surface area contributed by atoms with Crippen LogP contribution in [0.4, 0.5) is 0 Å². The largest absolute Gasteiger partial charge is 0.459 e. The van der Waals surface area contributed by atoms with Crippen LogP contribution in [0.15, 0.2) is 35.9 Å². The summed E-state index contributed by atoms with van der Waals surface area (Å²) in [6, 6.07) is 11.9. The molecule has 2 unspecified atom stereocenters. The van der Waals surface area contributed by atoms with Crippen LogP contribution in [-0.2, 0) is 9.53 Å². The number of unbranched alkanes of at least 4 members (excludes halogenated alkanes) is 1. The third-order valence-electron chi connectivity index (χ3n) is 8.04. The van der Waals surface area contributed by atoms with Crippen molar-refractivity contribution in [2.75, 3.05) is 13.1 Å². The normalized spacial score (nSPS) is 31.1. The van der Waals surface area contributed by atoms with Gasteiger partial charge in [0.05, 0.1) is 25.2 Å². The lowest BCUT2D eigenvalue weighted by Crippen LogP contribution is -2.62. The number of hydrogen-bond acceptors (Lipinski definition) is 2. The predicted octanol–water partition coefficient (Wildman–Crippen LogP) is 6.28. The molecule has 0 saturated carbocycles. The van der Waals surface area contributed by atoms with Crippen molar-refractivity contribution in [2.24, 2.45) is 0 Å². The van der Waals surface area contributed by atoms with Crippen LogP contribution in [0, 0.1) is 0 Å². The number of carbonyl (C=O) groups excluding carboxylic acids is 1. The summed E-state index contributed by atoms with van der Waals surface area (Å²) in [7, 11) is 0. The Morgan fingerprint density at radius 1 is 0.967 bits per heavy atom. The van der Waals surface area contributed by atoms with Crippen molar-refractivity contribution in [1.82, 2.24) is 0 Å². The van der Waals surface area contributed by atoms with E-state index < -0.39 is 0 Å². The van der Waals surface area contributed by atoms with Crippen molar-refractivity contribution in [2.45, 2.75) is 103 Å². The second-order valence-corrected chi connectivity index (χ2v) is 9.82. The van der Waals surface area contributed by atoms with Crippen molar-refractivity contribution in [3.05, 3.63) is 41.5 Å². The molecule has 3 heteroatoms. The molecule has 0 amide bonds. The fourth-order valence-corrected chi connectivity index (χ4v) is 6.67. The first-order chi connectivity index (χ1) is 14.7. The van der Waals surface area contributed by atoms with E-state index in [0.29, 0.717) is 12.1 Å². The van der Waals surface area contributed by atoms with Gasteiger partial charge in [0, 0.05) is 31.3 Å². The summed E-state index contributed by atoms with van der Waals surface area (Å²) >= 11 is 0. The highest BCUT2D eigenvalue weighted by Gasteiger charge is 2.54. The van der Waals surface area contributed by atoms with Gasteiger partial charge in [0.2, 0.25) is 0 Å². The number of allylic oxidation sites excluding steroid dienone is 1. The SMILES string of the molecule is CCCC[N+]1(CCC)C2CCC1CC(OC(=O)C1=C(c3ccccc3)CCCC1)C2. The molecule has 30 heavy (non-hydrogen) atoms. The molecule has 2 saturated heterocycles. The first-order valence-electron chi connectivity index (χ1n) is 12.5. The molecular formula is C27H40NO2+. The first-order valence-corrected chi connectivity index (χ1v) is 12.5. The zero-order valence-corrected chi connectivity index (χ0v) is 19.1. The minimum absolute atomic E-state index is 0.0259. The third kappa shape index (κ3) is 4.23. The second kappa shape index (κ2) is 9.68. The summed E-state index contributed by atoms with van der Waals surface area (Å²) in [5, 5.41) is 0. The summed E-state index contributed by atoms with van der Waals surface area (Å²) in [4.78, 5) is 13.3. The summed E-state index contributed by atoms with van der Waals surface area (Å²) in [5.41, 5.74) is 3.38. The summed E-state index contributed by atoms with van der Waals surface area (Å²) in [6.45, 7) is 7.27. The average molecular weight is 411 g/mol. The maximum Gasteiger partial charge on any atom is 0.334 e. The fraction of sp³-hybridized carbons (Fsp3) is 0.667. The van der Waals surface area contributed by atoms with E-state index in [0.717, 1.165) is 37.7 Å². The van der Waals surface area contributed by atoms with Crippen LogP contribution < -0.4 is 0 Å². The van der Waals surface area contributed by atoms with E-state index >= 15 is 0 Å². The molecule has 3 nitrogen and oxygen atoms in total. The molecule has 1 aromatic carbocycles. The van der Waals surface area contributed by atoms with Gasteiger partial charge in [-0.3, -0.25) is 0 Å². The predicted molar refractivity (Wildman–Crippen MR) is 123 cm³/mol. The number of piperidine rings is 1. The number of benzene rings is 1. The average Bonchev–Trinajstić information content (AvgIpc) is 2.95. The van der Waals surface area contributed by atoms with E-state index in [9.17, 15) is 4.79 Å². The molecule has 3 aliphatic rings. The Morgan fingerprint density at radius 3 is 2.33 bits per heavy atom. The van der Waals surface area contributed by atoms with E-state index in [1.165, 1.54) is 67.2 Å². The molecule has 0 N–H and O–H groups in total. The van der Waals surface area contributed by atoms with Gasteiger partial charge in [0.25, 0.3) is 0 Å².